The number of para-hydroxylation sites is 4. The first-order chi connectivity index (χ1) is 46.8. The minimum atomic E-state index is -0.475. The Morgan fingerprint density at radius 1 is 0.448 bits per heavy atom. The normalized spacial score (nSPS) is 14.4. The van der Waals surface area contributed by atoms with Gasteiger partial charge in [-0.15, -0.1) is 0 Å². The van der Waals surface area contributed by atoms with Gasteiger partial charge in [-0.25, -0.2) is 0 Å². The van der Waals surface area contributed by atoms with Crippen LogP contribution >= 0.6 is 0 Å². The van der Waals surface area contributed by atoms with Gasteiger partial charge < -0.3 is 23.3 Å². The summed E-state index contributed by atoms with van der Waals surface area (Å²) >= 11 is 0. The molecule has 1 unspecified atom stereocenters. The van der Waals surface area contributed by atoms with E-state index in [4.69, 9.17) is 4.74 Å². The van der Waals surface area contributed by atoms with E-state index >= 15 is 0 Å². The molecule has 3 aromatic heterocycles. The third-order valence-electron chi connectivity index (χ3n) is 20.5. The maximum Gasteiger partial charge on any atom is 0.251 e. The minimum Gasteiger partial charge on any atom is -0.487 e. The van der Waals surface area contributed by atoms with Gasteiger partial charge in [0.1, 0.15) is 17.4 Å². The molecule has 5 heterocycles. The highest BCUT2D eigenvalue weighted by Gasteiger charge is 2.48. The van der Waals surface area contributed by atoms with Gasteiger partial charge in [-0.3, -0.25) is 0 Å². The second-order valence-electron chi connectivity index (χ2n) is 28.0. The molecule has 454 valence electrons. The maximum atomic E-state index is 10.9. The first-order valence-electron chi connectivity index (χ1n) is 33.1. The summed E-state index contributed by atoms with van der Waals surface area (Å²) in [5, 5.41) is 28.5. The molecule has 0 fully saturated rings. The number of hydrogen-bond acceptors (Lipinski definition) is 4. The van der Waals surface area contributed by atoms with Crippen LogP contribution < -0.4 is 20.6 Å². The molecular formula is C88H63BN6O. The lowest BCUT2D eigenvalue weighted by Gasteiger charge is -2.46. The molecule has 0 N–H and O–H groups in total. The largest absolute Gasteiger partial charge is 0.487 e. The molecular weight excluding hydrogens is 1170 g/mol. The van der Waals surface area contributed by atoms with Crippen LogP contribution in [0.2, 0.25) is 0 Å². The quantitative estimate of drug-likeness (QED) is 0.149. The van der Waals surface area contributed by atoms with Gasteiger partial charge in [-0.2, -0.15) is 10.5 Å². The van der Waals surface area contributed by atoms with Crippen molar-refractivity contribution in [1.29, 1.82) is 10.5 Å². The number of ether oxygens (including phenoxy) is 1. The van der Waals surface area contributed by atoms with E-state index < -0.39 is 6.10 Å². The van der Waals surface area contributed by atoms with Crippen molar-refractivity contribution >= 4 is 100 Å². The first-order valence-corrected chi connectivity index (χ1v) is 33.1. The van der Waals surface area contributed by atoms with Gasteiger partial charge in [0.2, 0.25) is 0 Å². The van der Waals surface area contributed by atoms with Crippen LogP contribution in [0.25, 0.3) is 110 Å². The fraction of sp³-hybridized carbons (Fsp3) is 0.114. The topological polar surface area (TPSA) is 74.8 Å². The summed E-state index contributed by atoms with van der Waals surface area (Å²) in [4.78, 5) is 2.52. The van der Waals surface area contributed by atoms with Gasteiger partial charge in [0.25, 0.3) is 6.71 Å². The van der Waals surface area contributed by atoms with Gasteiger partial charge >= 0.3 is 0 Å². The van der Waals surface area contributed by atoms with Crippen molar-refractivity contribution in [2.45, 2.75) is 64.9 Å². The van der Waals surface area contributed by atoms with E-state index in [2.05, 4.69) is 315 Å². The van der Waals surface area contributed by atoms with Crippen LogP contribution in [0, 0.1) is 34.8 Å². The Hall–Kier alpha value is -12.0. The highest BCUT2D eigenvalue weighted by molar-refractivity contribution is 6.93. The SMILES string of the molecule is CC(C)(C)c1ccc2c(c1)c1cc(C(C)(C)C)ccc1n2-c1ccc2c(c1)N(c1ccccc1-c1ccccc1)C1=C3B2c2ccc(-c4cc(C#N)ccc4-n4c5ccccc5c5ccccc54)cc2OC3CC(c2cc(C#N)ccc2-n2c3c#cccc3c3ccccc32)=C1. The van der Waals surface area contributed by atoms with Crippen LogP contribution in [0.3, 0.4) is 0 Å². The van der Waals surface area contributed by atoms with Crippen LogP contribution in [0.15, 0.2) is 266 Å². The van der Waals surface area contributed by atoms with E-state index in [1.54, 1.807) is 0 Å². The van der Waals surface area contributed by atoms with Crippen molar-refractivity contribution in [2.75, 3.05) is 4.90 Å². The fourth-order valence-corrected chi connectivity index (χ4v) is 15.9. The Labute approximate surface area is 558 Å². The number of benzene rings is 11. The lowest BCUT2D eigenvalue weighted by atomic mass is 9.32. The van der Waals surface area contributed by atoms with E-state index in [1.807, 2.05) is 24.3 Å². The van der Waals surface area contributed by atoms with E-state index in [-0.39, 0.29) is 17.5 Å². The van der Waals surface area contributed by atoms with E-state index in [0.29, 0.717) is 17.5 Å². The number of nitriles is 2. The third kappa shape index (κ3) is 8.67. The zero-order valence-corrected chi connectivity index (χ0v) is 54.2. The summed E-state index contributed by atoms with van der Waals surface area (Å²) in [6, 6.07) is 101. The lowest BCUT2D eigenvalue weighted by molar-refractivity contribution is 0.246. The summed E-state index contributed by atoms with van der Waals surface area (Å²) in [6.07, 6.45) is 2.44. The molecule has 7 nitrogen and oxygen atoms in total. The first kappa shape index (κ1) is 56.7. The second kappa shape index (κ2) is 21.3. The predicted molar refractivity (Wildman–Crippen MR) is 395 cm³/mol. The summed E-state index contributed by atoms with van der Waals surface area (Å²) < 4.78 is 14.9. The second-order valence-corrected chi connectivity index (χ2v) is 28.0. The number of allylic oxidation sites excluding steroid dienone is 1. The summed E-state index contributed by atoms with van der Waals surface area (Å²) in [5.41, 5.74) is 25.4. The molecule has 8 heteroatoms. The number of rotatable bonds is 7. The molecule has 0 bridgehead atoms. The van der Waals surface area contributed by atoms with Crippen molar-refractivity contribution < 1.29 is 4.74 Å². The summed E-state index contributed by atoms with van der Waals surface area (Å²) in [6.45, 7) is 13.5. The number of nitrogens with zero attached hydrogens (tertiary/aromatic N) is 6. The molecule has 0 saturated carbocycles. The smallest absolute Gasteiger partial charge is 0.251 e. The molecule has 2 aliphatic heterocycles. The Kier molecular flexibility index (Phi) is 12.6. The molecule has 96 heavy (non-hydrogen) atoms. The van der Waals surface area contributed by atoms with Crippen molar-refractivity contribution in [2.24, 2.45) is 0 Å². The van der Waals surface area contributed by atoms with Crippen LogP contribution in [0.5, 0.6) is 5.75 Å². The molecule has 1 aliphatic carbocycles. The maximum absolute atomic E-state index is 10.9. The number of aromatic nitrogens is 3. The zero-order valence-electron chi connectivity index (χ0n) is 54.2. The zero-order chi connectivity index (χ0) is 64.9. The van der Waals surface area contributed by atoms with Crippen LogP contribution in [-0.4, -0.2) is 26.5 Å². The number of anilines is 2. The Morgan fingerprint density at radius 3 is 1.68 bits per heavy atom. The monoisotopic (exact) mass is 1230 g/mol. The Bertz CT molecular complexity index is 5810. The molecule has 15 aromatic rings. The molecule has 18 rings (SSSR count). The molecule has 0 radical (unpaired) electrons. The summed E-state index contributed by atoms with van der Waals surface area (Å²) in [5.74, 6) is 0.779. The van der Waals surface area contributed by atoms with Gasteiger partial charge in [0.15, 0.2) is 0 Å². The molecule has 0 saturated heterocycles. The van der Waals surface area contributed by atoms with Gasteiger partial charge in [-0.1, -0.05) is 181 Å². The molecule has 0 amide bonds. The average Bonchev–Trinajstić information content (AvgIpc) is 1.05. The van der Waals surface area contributed by atoms with Crippen LogP contribution in [-0.2, 0) is 10.8 Å². The predicted octanol–water partition coefficient (Wildman–Crippen LogP) is 20.1. The van der Waals surface area contributed by atoms with Crippen molar-refractivity contribution in [1.82, 2.24) is 13.7 Å². The molecule has 3 aliphatic rings. The number of hydrogen-bond donors (Lipinski definition) is 0. The number of fused-ring (bicyclic) bond motifs is 13. The van der Waals surface area contributed by atoms with Gasteiger partial charge in [0.05, 0.1) is 67.9 Å². The van der Waals surface area contributed by atoms with Crippen molar-refractivity contribution in [3.63, 3.8) is 0 Å². The van der Waals surface area contributed by atoms with Crippen molar-refractivity contribution in [3.05, 3.63) is 306 Å². The molecule has 1 atom stereocenters. The van der Waals surface area contributed by atoms with Gasteiger partial charge in [0, 0.05) is 72.5 Å². The summed E-state index contributed by atoms with van der Waals surface area (Å²) in [7, 11) is 0. The van der Waals surface area contributed by atoms with Gasteiger partial charge in [-0.05, 0) is 182 Å². The highest BCUT2D eigenvalue weighted by atomic mass is 16.5. The van der Waals surface area contributed by atoms with Crippen LogP contribution in [0.1, 0.15) is 75.8 Å². The average molecular weight is 1230 g/mol. The Morgan fingerprint density at radius 2 is 1.02 bits per heavy atom. The van der Waals surface area contributed by atoms with E-state index in [9.17, 15) is 10.5 Å². The lowest BCUT2D eigenvalue weighted by Crippen LogP contribution is -2.58. The minimum absolute atomic E-state index is 0.0638. The Balaban J connectivity index is 0.920. The standard InChI is InChI=1S/C88H63BN6O/c1-87(2,3)59-35-42-80-69(49-59)70-50-60(88(4,5)6)36-43-81(70)92(80)61-37-39-71-82(51-61)95(73-27-15-10-22-62(73)56-20-8-7-9-21-56)83-46-58(68-45-55(53-91)33-41-79(68)94-76-30-18-13-25-65(76)66-26-14-19-31-77(66)94)48-85-86(83)89(71)72-38-34-57(47-84(72)96-85)67-44-54(52-90)32-40-78(67)93-74-28-16-11-23-63(74)64-24-12-17-29-75(64)93/h7-18,20-30,32-47,49-51,85H,48H2,1-6H3. The molecule has 12 aromatic carbocycles. The molecule has 0 spiro atoms. The van der Waals surface area contributed by atoms with E-state index in [0.717, 1.165) is 139 Å². The van der Waals surface area contributed by atoms with Crippen LogP contribution in [0.4, 0.5) is 11.4 Å². The fourth-order valence-electron chi connectivity index (χ4n) is 15.9. The van der Waals surface area contributed by atoms with Crippen molar-refractivity contribution in [3.8, 4) is 57.2 Å². The highest BCUT2D eigenvalue weighted by Crippen LogP contribution is 2.51. The third-order valence-corrected chi connectivity index (χ3v) is 20.5. The van der Waals surface area contributed by atoms with E-state index in [1.165, 1.54) is 27.4 Å².